The Balaban J connectivity index is 1.99. The number of methoxy groups -OCH3 is 1. The molecule has 0 saturated carbocycles. The number of nitrogens with zero attached hydrogens (tertiary/aromatic N) is 3. The molecule has 0 aliphatic carbocycles. The third-order valence-corrected chi connectivity index (χ3v) is 3.66. The van der Waals surface area contributed by atoms with Crippen molar-refractivity contribution in [2.75, 3.05) is 7.11 Å². The van der Waals surface area contributed by atoms with Gasteiger partial charge >= 0.3 is 5.97 Å². The number of hydrogen-bond donors (Lipinski definition) is 1. The van der Waals surface area contributed by atoms with Gasteiger partial charge in [-0.3, -0.25) is 4.98 Å². The molecule has 122 valence electrons. The van der Waals surface area contributed by atoms with Crippen LogP contribution in [-0.4, -0.2) is 32.7 Å². The maximum Gasteiger partial charge on any atom is 0.358 e. The van der Waals surface area contributed by atoms with Gasteiger partial charge in [0.1, 0.15) is 6.10 Å². The van der Waals surface area contributed by atoms with Gasteiger partial charge in [-0.1, -0.05) is 36.4 Å². The summed E-state index contributed by atoms with van der Waals surface area (Å²) in [7, 11) is 1.32. The summed E-state index contributed by atoms with van der Waals surface area (Å²) in [6.45, 7) is 0.227. The zero-order valence-electron chi connectivity index (χ0n) is 13.2. The van der Waals surface area contributed by atoms with E-state index in [1.54, 1.807) is 22.9 Å². The van der Waals surface area contributed by atoms with Gasteiger partial charge in [-0.25, -0.2) is 9.78 Å². The molecule has 1 aromatic carbocycles. The Kier molecular flexibility index (Phi) is 4.67. The topological polar surface area (TPSA) is 77.2 Å². The molecule has 0 radical (unpaired) electrons. The van der Waals surface area contributed by atoms with Gasteiger partial charge in [-0.2, -0.15) is 0 Å². The molecule has 0 saturated heterocycles. The Morgan fingerprint density at radius 1 is 1.17 bits per heavy atom. The number of pyridine rings is 1. The van der Waals surface area contributed by atoms with Crippen molar-refractivity contribution in [2.24, 2.45) is 0 Å². The lowest BCUT2D eigenvalue weighted by Gasteiger charge is -2.14. The van der Waals surface area contributed by atoms with Crippen molar-refractivity contribution in [1.82, 2.24) is 14.5 Å². The van der Waals surface area contributed by atoms with Gasteiger partial charge in [-0.05, 0) is 12.1 Å². The molecule has 1 atom stereocenters. The Bertz CT molecular complexity index is 816. The summed E-state index contributed by atoms with van der Waals surface area (Å²) in [6, 6.07) is 14.8. The monoisotopic (exact) mass is 323 g/mol. The lowest BCUT2D eigenvalue weighted by atomic mass is 10.1. The average molecular weight is 323 g/mol. The highest BCUT2D eigenvalue weighted by molar-refractivity contribution is 5.94. The van der Waals surface area contributed by atoms with E-state index in [-0.39, 0.29) is 12.2 Å². The molecule has 3 aromatic rings. The first-order valence-electron chi connectivity index (χ1n) is 7.48. The number of carbonyl (C=O) groups is 1. The lowest BCUT2D eigenvalue weighted by molar-refractivity contribution is 0.0595. The largest absolute Gasteiger partial charge is 0.464 e. The van der Waals surface area contributed by atoms with E-state index in [4.69, 9.17) is 4.74 Å². The third kappa shape index (κ3) is 3.18. The lowest BCUT2D eigenvalue weighted by Crippen LogP contribution is -2.11. The Morgan fingerprint density at radius 3 is 2.58 bits per heavy atom. The third-order valence-electron chi connectivity index (χ3n) is 3.66. The summed E-state index contributed by atoms with van der Waals surface area (Å²) >= 11 is 0. The quantitative estimate of drug-likeness (QED) is 0.730. The molecule has 0 fully saturated rings. The highest BCUT2D eigenvalue weighted by Crippen LogP contribution is 2.25. The van der Waals surface area contributed by atoms with E-state index < -0.39 is 12.1 Å². The van der Waals surface area contributed by atoms with E-state index in [1.165, 1.54) is 13.4 Å². The van der Waals surface area contributed by atoms with Crippen molar-refractivity contribution in [1.29, 1.82) is 0 Å². The van der Waals surface area contributed by atoms with Crippen LogP contribution in [0.5, 0.6) is 0 Å². The first-order valence-corrected chi connectivity index (χ1v) is 7.48. The summed E-state index contributed by atoms with van der Waals surface area (Å²) in [4.78, 5) is 20.3. The van der Waals surface area contributed by atoms with Crippen molar-refractivity contribution in [3.63, 3.8) is 0 Å². The molecule has 6 heteroatoms. The minimum atomic E-state index is -0.812. The van der Waals surface area contributed by atoms with E-state index in [9.17, 15) is 9.90 Å². The number of esters is 1. The zero-order valence-corrected chi connectivity index (χ0v) is 13.2. The summed E-state index contributed by atoms with van der Waals surface area (Å²) in [5.74, 6) is -0.514. The molecule has 0 spiro atoms. The van der Waals surface area contributed by atoms with Crippen molar-refractivity contribution >= 4 is 5.97 Å². The van der Waals surface area contributed by atoms with Gasteiger partial charge in [0.2, 0.25) is 0 Å². The van der Waals surface area contributed by atoms with Crippen LogP contribution in [-0.2, 0) is 11.3 Å². The first kappa shape index (κ1) is 15.9. The van der Waals surface area contributed by atoms with Gasteiger partial charge in [0.15, 0.2) is 5.69 Å². The standard InChI is InChI=1S/C18H17N3O3/c1-24-18(23)16-17(13-7-3-2-4-8-13)21(12-20-16)11-15(22)14-9-5-6-10-19-14/h2-10,12,15,22H,11H2,1H3. The molecule has 2 aromatic heterocycles. The van der Waals surface area contributed by atoms with Crippen molar-refractivity contribution < 1.29 is 14.6 Å². The van der Waals surface area contributed by atoms with Crippen molar-refractivity contribution in [2.45, 2.75) is 12.6 Å². The van der Waals surface area contributed by atoms with Crippen LogP contribution in [0, 0.1) is 0 Å². The summed E-state index contributed by atoms with van der Waals surface area (Å²) < 4.78 is 6.55. The normalized spacial score (nSPS) is 11.9. The van der Waals surface area contributed by atoms with Crippen LogP contribution < -0.4 is 0 Å². The predicted octanol–water partition coefficient (Wildman–Crippen LogP) is 2.47. The van der Waals surface area contributed by atoms with Crippen LogP contribution in [0.2, 0.25) is 0 Å². The van der Waals surface area contributed by atoms with E-state index in [1.807, 2.05) is 36.4 Å². The molecule has 0 amide bonds. The molecule has 1 N–H and O–H groups in total. The number of carbonyl (C=O) groups excluding carboxylic acids is 1. The summed E-state index contributed by atoms with van der Waals surface area (Å²) in [5, 5.41) is 10.4. The van der Waals surface area contributed by atoms with Crippen LogP contribution in [0.4, 0.5) is 0 Å². The van der Waals surface area contributed by atoms with Crippen LogP contribution in [0.15, 0.2) is 61.1 Å². The number of rotatable bonds is 5. The summed E-state index contributed by atoms with van der Waals surface area (Å²) in [5.41, 5.74) is 2.21. The van der Waals surface area contributed by atoms with Crippen LogP contribution in [0.3, 0.4) is 0 Å². The Labute approximate surface area is 139 Å². The van der Waals surface area contributed by atoms with Crippen LogP contribution in [0.1, 0.15) is 22.3 Å². The molecule has 3 rings (SSSR count). The zero-order chi connectivity index (χ0) is 16.9. The van der Waals surface area contributed by atoms with Gasteiger partial charge in [0.05, 0.1) is 31.4 Å². The van der Waals surface area contributed by atoms with E-state index in [0.29, 0.717) is 11.4 Å². The second kappa shape index (κ2) is 7.06. The average Bonchev–Trinajstić information content (AvgIpc) is 3.06. The van der Waals surface area contributed by atoms with Gasteiger partial charge in [0, 0.05) is 11.8 Å². The van der Waals surface area contributed by atoms with Gasteiger partial charge in [-0.15, -0.1) is 0 Å². The molecule has 24 heavy (non-hydrogen) atoms. The SMILES string of the molecule is COC(=O)c1ncn(CC(O)c2ccccn2)c1-c1ccccc1. The second-order valence-corrected chi connectivity index (χ2v) is 5.22. The molecular weight excluding hydrogens is 306 g/mol. The van der Waals surface area contributed by atoms with E-state index in [0.717, 1.165) is 5.56 Å². The maximum absolute atomic E-state index is 12.0. The molecule has 0 bridgehead atoms. The second-order valence-electron chi connectivity index (χ2n) is 5.22. The number of benzene rings is 1. The highest BCUT2D eigenvalue weighted by Gasteiger charge is 2.21. The number of ether oxygens (including phenoxy) is 1. The number of hydrogen-bond acceptors (Lipinski definition) is 5. The Hall–Kier alpha value is -2.99. The fraction of sp³-hybridized carbons (Fsp3) is 0.167. The minimum Gasteiger partial charge on any atom is -0.464 e. The van der Waals surface area contributed by atoms with Crippen molar-refractivity contribution in [3.05, 3.63) is 72.4 Å². The molecule has 2 heterocycles. The van der Waals surface area contributed by atoms with Crippen molar-refractivity contribution in [3.8, 4) is 11.3 Å². The number of aliphatic hydroxyl groups is 1. The fourth-order valence-electron chi connectivity index (χ4n) is 2.52. The summed E-state index contributed by atoms with van der Waals surface area (Å²) in [6.07, 6.45) is 2.35. The van der Waals surface area contributed by atoms with Crippen LogP contribution in [0.25, 0.3) is 11.3 Å². The highest BCUT2D eigenvalue weighted by atomic mass is 16.5. The molecule has 6 nitrogen and oxygen atoms in total. The smallest absolute Gasteiger partial charge is 0.358 e. The van der Waals surface area contributed by atoms with E-state index >= 15 is 0 Å². The Morgan fingerprint density at radius 2 is 1.92 bits per heavy atom. The molecule has 1 unspecified atom stereocenters. The molecule has 0 aliphatic rings. The number of imidazole rings is 1. The fourth-order valence-corrected chi connectivity index (χ4v) is 2.52. The maximum atomic E-state index is 12.0. The minimum absolute atomic E-state index is 0.219. The molecular formula is C18H17N3O3. The van der Waals surface area contributed by atoms with Crippen LogP contribution >= 0.6 is 0 Å². The number of aliphatic hydroxyl groups excluding tert-OH is 1. The number of aromatic nitrogens is 3. The first-order chi connectivity index (χ1) is 11.7. The van der Waals surface area contributed by atoms with Gasteiger partial charge < -0.3 is 14.4 Å². The van der Waals surface area contributed by atoms with E-state index in [2.05, 4.69) is 9.97 Å². The molecule has 0 aliphatic heterocycles. The predicted molar refractivity (Wildman–Crippen MR) is 88.2 cm³/mol. The van der Waals surface area contributed by atoms with Gasteiger partial charge in [0.25, 0.3) is 0 Å².